The molecule has 2 rings (SSSR count). The van der Waals surface area contributed by atoms with E-state index in [9.17, 15) is 4.79 Å². The minimum absolute atomic E-state index is 0.251. The zero-order valence-electron chi connectivity index (χ0n) is 11.7. The average molecular weight is 310 g/mol. The van der Waals surface area contributed by atoms with Gasteiger partial charge < -0.3 is 14.8 Å². The molecule has 0 fully saturated rings. The van der Waals surface area contributed by atoms with Gasteiger partial charge in [0.1, 0.15) is 5.69 Å². The number of aromatic nitrogens is 2. The monoisotopic (exact) mass is 309 g/mol. The van der Waals surface area contributed by atoms with Crippen molar-refractivity contribution in [3.63, 3.8) is 0 Å². The van der Waals surface area contributed by atoms with Crippen molar-refractivity contribution in [2.75, 3.05) is 20.8 Å². The lowest BCUT2D eigenvalue weighted by molar-refractivity contribution is -0.0974. The first-order chi connectivity index (χ1) is 10.1. The van der Waals surface area contributed by atoms with Gasteiger partial charge in [-0.15, -0.1) is 0 Å². The van der Waals surface area contributed by atoms with Crippen LogP contribution in [0.3, 0.4) is 0 Å². The molecule has 1 heterocycles. The van der Waals surface area contributed by atoms with Crippen LogP contribution in [0, 0.1) is 0 Å². The van der Waals surface area contributed by atoms with E-state index in [-0.39, 0.29) is 12.5 Å². The number of nitrogens with one attached hydrogen (secondary N) is 2. The summed E-state index contributed by atoms with van der Waals surface area (Å²) in [5, 5.41) is 10.2. The van der Waals surface area contributed by atoms with Gasteiger partial charge in [0, 0.05) is 24.8 Å². The molecule has 0 aliphatic carbocycles. The highest BCUT2D eigenvalue weighted by atomic mass is 35.5. The Kier molecular flexibility index (Phi) is 5.32. The van der Waals surface area contributed by atoms with Crippen LogP contribution in [-0.2, 0) is 9.47 Å². The summed E-state index contributed by atoms with van der Waals surface area (Å²) >= 11 is 5.84. The molecule has 21 heavy (non-hydrogen) atoms. The fourth-order valence-corrected chi connectivity index (χ4v) is 1.87. The third-order valence-electron chi connectivity index (χ3n) is 2.92. The van der Waals surface area contributed by atoms with Crippen molar-refractivity contribution in [1.82, 2.24) is 15.5 Å². The number of hydrogen-bond acceptors (Lipinski definition) is 4. The standard InChI is InChI=1S/C14H16ClN3O3/c1-20-13(21-2)8-16-14(19)12-7-11(17-18-12)9-3-5-10(15)6-4-9/h3-7,13H,8H2,1-2H3,(H,16,19)(H,17,18). The topological polar surface area (TPSA) is 76.2 Å². The molecule has 0 aliphatic heterocycles. The smallest absolute Gasteiger partial charge is 0.269 e. The van der Waals surface area contributed by atoms with Crippen LogP contribution in [0.5, 0.6) is 0 Å². The quantitative estimate of drug-likeness (QED) is 0.801. The number of rotatable bonds is 6. The number of H-pyrrole nitrogens is 1. The summed E-state index contributed by atoms with van der Waals surface area (Å²) in [4.78, 5) is 12.0. The van der Waals surface area contributed by atoms with Gasteiger partial charge in [-0.25, -0.2) is 0 Å². The number of ether oxygens (including phenoxy) is 2. The molecular formula is C14H16ClN3O3. The van der Waals surface area contributed by atoms with Crippen molar-refractivity contribution >= 4 is 17.5 Å². The average Bonchev–Trinajstić information content (AvgIpc) is 2.99. The van der Waals surface area contributed by atoms with Crippen LogP contribution in [0.1, 0.15) is 10.5 Å². The van der Waals surface area contributed by atoms with Crippen LogP contribution >= 0.6 is 11.6 Å². The first kappa shape index (κ1) is 15.5. The molecule has 1 amide bonds. The Morgan fingerprint density at radius 3 is 2.62 bits per heavy atom. The third-order valence-corrected chi connectivity index (χ3v) is 3.17. The molecule has 0 aliphatic rings. The van der Waals surface area contributed by atoms with E-state index in [0.717, 1.165) is 5.56 Å². The maximum Gasteiger partial charge on any atom is 0.269 e. The Morgan fingerprint density at radius 1 is 1.33 bits per heavy atom. The predicted molar refractivity (Wildman–Crippen MR) is 79.2 cm³/mol. The summed E-state index contributed by atoms with van der Waals surface area (Å²) in [6.07, 6.45) is -0.479. The minimum atomic E-state index is -0.479. The Morgan fingerprint density at radius 2 is 2.00 bits per heavy atom. The fourth-order valence-electron chi connectivity index (χ4n) is 1.74. The molecule has 0 bridgehead atoms. The highest BCUT2D eigenvalue weighted by molar-refractivity contribution is 6.30. The molecular weight excluding hydrogens is 294 g/mol. The number of carbonyl (C=O) groups is 1. The fraction of sp³-hybridized carbons (Fsp3) is 0.286. The van der Waals surface area contributed by atoms with Crippen molar-refractivity contribution in [2.24, 2.45) is 0 Å². The number of nitrogens with zero attached hydrogens (tertiary/aromatic N) is 1. The molecule has 2 N–H and O–H groups in total. The molecule has 0 saturated carbocycles. The van der Waals surface area contributed by atoms with Crippen LogP contribution in [0.25, 0.3) is 11.3 Å². The molecule has 7 heteroatoms. The molecule has 0 atom stereocenters. The van der Waals surface area contributed by atoms with E-state index in [1.165, 1.54) is 14.2 Å². The second-order valence-corrected chi connectivity index (χ2v) is 4.72. The largest absolute Gasteiger partial charge is 0.354 e. The van der Waals surface area contributed by atoms with Crippen molar-refractivity contribution in [3.8, 4) is 11.3 Å². The summed E-state index contributed by atoms with van der Waals surface area (Å²) in [6.45, 7) is 0.251. The molecule has 0 spiro atoms. The summed E-state index contributed by atoms with van der Waals surface area (Å²) < 4.78 is 9.99. The zero-order valence-corrected chi connectivity index (χ0v) is 12.5. The van der Waals surface area contributed by atoms with Crippen molar-refractivity contribution in [1.29, 1.82) is 0 Å². The molecule has 0 saturated heterocycles. The maximum atomic E-state index is 12.0. The van der Waals surface area contributed by atoms with Gasteiger partial charge in [0.25, 0.3) is 5.91 Å². The molecule has 0 unspecified atom stereocenters. The van der Waals surface area contributed by atoms with E-state index in [0.29, 0.717) is 16.4 Å². The van der Waals surface area contributed by atoms with E-state index >= 15 is 0 Å². The van der Waals surface area contributed by atoms with Gasteiger partial charge >= 0.3 is 0 Å². The summed E-state index contributed by atoms with van der Waals surface area (Å²) in [6, 6.07) is 8.89. The minimum Gasteiger partial charge on any atom is -0.354 e. The van der Waals surface area contributed by atoms with Gasteiger partial charge in [-0.2, -0.15) is 5.10 Å². The number of benzene rings is 1. The van der Waals surface area contributed by atoms with Crippen molar-refractivity contribution in [2.45, 2.75) is 6.29 Å². The lowest BCUT2D eigenvalue weighted by Gasteiger charge is -2.13. The predicted octanol–water partition coefficient (Wildman–Crippen LogP) is 2.08. The first-order valence-corrected chi connectivity index (χ1v) is 6.67. The van der Waals surface area contributed by atoms with Crippen LogP contribution in [0.2, 0.25) is 5.02 Å². The number of methoxy groups -OCH3 is 2. The van der Waals surface area contributed by atoms with E-state index in [1.807, 2.05) is 12.1 Å². The molecule has 1 aromatic heterocycles. The molecule has 6 nitrogen and oxygen atoms in total. The lowest BCUT2D eigenvalue weighted by Crippen LogP contribution is -2.34. The van der Waals surface area contributed by atoms with E-state index < -0.39 is 6.29 Å². The van der Waals surface area contributed by atoms with Crippen molar-refractivity contribution in [3.05, 3.63) is 41.0 Å². The summed E-state index contributed by atoms with van der Waals surface area (Å²) in [5.74, 6) is -0.276. The number of aromatic amines is 1. The highest BCUT2D eigenvalue weighted by Crippen LogP contribution is 2.20. The second kappa shape index (κ2) is 7.21. The van der Waals surface area contributed by atoms with Gasteiger partial charge in [0.05, 0.1) is 12.2 Å². The summed E-state index contributed by atoms with van der Waals surface area (Å²) in [5.41, 5.74) is 1.92. The van der Waals surface area contributed by atoms with Crippen molar-refractivity contribution < 1.29 is 14.3 Å². The number of amides is 1. The maximum absolute atomic E-state index is 12.0. The Balaban J connectivity index is 2.02. The summed E-state index contributed by atoms with van der Waals surface area (Å²) in [7, 11) is 3.02. The molecule has 1 aromatic carbocycles. The zero-order chi connectivity index (χ0) is 15.2. The lowest BCUT2D eigenvalue weighted by atomic mass is 10.1. The van der Waals surface area contributed by atoms with Crippen LogP contribution < -0.4 is 5.32 Å². The number of halogens is 1. The molecule has 2 aromatic rings. The second-order valence-electron chi connectivity index (χ2n) is 4.28. The van der Waals surface area contributed by atoms with Crippen LogP contribution in [-0.4, -0.2) is 43.2 Å². The third kappa shape index (κ3) is 4.04. The normalized spacial score (nSPS) is 10.9. The van der Waals surface area contributed by atoms with E-state index in [1.54, 1.807) is 18.2 Å². The SMILES string of the molecule is COC(CNC(=O)c1cc(-c2ccc(Cl)cc2)n[nH]1)OC. The Labute approximate surface area is 127 Å². The highest BCUT2D eigenvalue weighted by Gasteiger charge is 2.13. The molecule has 112 valence electrons. The number of hydrogen-bond donors (Lipinski definition) is 2. The van der Waals surface area contributed by atoms with Gasteiger partial charge in [-0.1, -0.05) is 23.7 Å². The van der Waals surface area contributed by atoms with Gasteiger partial charge in [-0.05, 0) is 18.2 Å². The van der Waals surface area contributed by atoms with E-state index in [4.69, 9.17) is 21.1 Å². The van der Waals surface area contributed by atoms with Crippen LogP contribution in [0.4, 0.5) is 0 Å². The Bertz CT molecular complexity index is 594. The first-order valence-electron chi connectivity index (χ1n) is 6.29. The van der Waals surface area contributed by atoms with Gasteiger partial charge in [0.2, 0.25) is 0 Å². The molecule has 0 radical (unpaired) electrons. The Hall–Kier alpha value is -1.89. The van der Waals surface area contributed by atoms with E-state index in [2.05, 4.69) is 15.5 Å². The van der Waals surface area contributed by atoms with Crippen LogP contribution in [0.15, 0.2) is 30.3 Å². The van der Waals surface area contributed by atoms with Gasteiger partial charge in [-0.3, -0.25) is 9.89 Å². The number of carbonyl (C=O) groups excluding carboxylic acids is 1. The van der Waals surface area contributed by atoms with Gasteiger partial charge in [0.15, 0.2) is 6.29 Å².